The minimum atomic E-state index is -3.16. The van der Waals surface area contributed by atoms with Gasteiger partial charge in [-0.1, -0.05) is 6.42 Å². The molecule has 0 bridgehead atoms. The lowest BCUT2D eigenvalue weighted by atomic mass is 10.0. The van der Waals surface area contributed by atoms with Crippen LogP contribution in [0.3, 0.4) is 0 Å². The summed E-state index contributed by atoms with van der Waals surface area (Å²) in [6, 6.07) is 7.50. The molecule has 1 saturated heterocycles. The van der Waals surface area contributed by atoms with Crippen molar-refractivity contribution in [2.75, 3.05) is 19.8 Å². The van der Waals surface area contributed by atoms with Gasteiger partial charge in [0.1, 0.15) is 5.82 Å². The zero-order valence-corrected chi connectivity index (χ0v) is 14.5. The number of nitrogens with zero attached hydrogens (tertiary/aromatic N) is 3. The first-order chi connectivity index (χ1) is 10.9. The average Bonchev–Trinajstić information content (AvgIpc) is 2.97. The second-order valence-corrected chi connectivity index (χ2v) is 8.35. The van der Waals surface area contributed by atoms with Crippen molar-refractivity contribution in [2.24, 2.45) is 0 Å². The van der Waals surface area contributed by atoms with Crippen LogP contribution >= 0.6 is 0 Å². The molecular formula is C17H23N3O2S. The molecule has 1 aromatic heterocycles. The summed E-state index contributed by atoms with van der Waals surface area (Å²) in [5.41, 5.74) is 0.945. The summed E-state index contributed by atoms with van der Waals surface area (Å²) >= 11 is 0. The number of benzene rings is 1. The van der Waals surface area contributed by atoms with Crippen molar-refractivity contribution in [2.45, 2.75) is 36.7 Å². The quantitative estimate of drug-likeness (QED) is 0.862. The van der Waals surface area contributed by atoms with E-state index in [9.17, 15) is 8.42 Å². The molecule has 1 aliphatic rings. The summed E-state index contributed by atoms with van der Waals surface area (Å²) in [6.07, 6.45) is 8.80. The molecule has 0 spiro atoms. The van der Waals surface area contributed by atoms with Gasteiger partial charge in [0.05, 0.1) is 4.90 Å². The predicted molar refractivity (Wildman–Crippen MR) is 91.0 cm³/mol. The molecule has 1 aromatic carbocycles. The lowest BCUT2D eigenvalue weighted by Gasteiger charge is -2.33. The number of aromatic nitrogens is 2. The summed E-state index contributed by atoms with van der Waals surface area (Å²) in [7, 11) is -0.980. The predicted octanol–water partition coefficient (Wildman–Crippen LogP) is 2.44. The van der Waals surface area contributed by atoms with E-state index in [-0.39, 0.29) is 0 Å². The standard InChI is InChI=1S/C17H23N3O2S/c1-19-11-4-3-5-15(19)13-20-12-10-18-17(20)14-6-8-16(9-7-14)23(2,21)22/h6-10,12,15H,3-5,11,13H2,1-2H3. The third kappa shape index (κ3) is 3.64. The third-order valence-corrected chi connectivity index (χ3v) is 5.71. The molecule has 1 atom stereocenters. The highest BCUT2D eigenvalue weighted by Gasteiger charge is 2.20. The minimum Gasteiger partial charge on any atom is -0.329 e. The summed E-state index contributed by atoms with van der Waals surface area (Å²) in [5, 5.41) is 0. The molecule has 0 N–H and O–H groups in total. The molecular weight excluding hydrogens is 310 g/mol. The van der Waals surface area contributed by atoms with E-state index in [0.29, 0.717) is 10.9 Å². The van der Waals surface area contributed by atoms with E-state index in [1.807, 2.05) is 24.5 Å². The summed E-state index contributed by atoms with van der Waals surface area (Å²) in [4.78, 5) is 7.22. The average molecular weight is 333 g/mol. The Morgan fingerprint density at radius 1 is 1.22 bits per heavy atom. The fraction of sp³-hybridized carbons (Fsp3) is 0.471. The van der Waals surface area contributed by atoms with Gasteiger partial charge in [-0.15, -0.1) is 0 Å². The summed E-state index contributed by atoms with van der Waals surface area (Å²) in [5.74, 6) is 0.893. The van der Waals surface area contributed by atoms with E-state index in [4.69, 9.17) is 0 Å². The first-order valence-electron chi connectivity index (χ1n) is 7.97. The van der Waals surface area contributed by atoms with Gasteiger partial charge in [-0.3, -0.25) is 0 Å². The van der Waals surface area contributed by atoms with Gasteiger partial charge >= 0.3 is 0 Å². The Morgan fingerprint density at radius 2 is 1.96 bits per heavy atom. The molecule has 1 fully saturated rings. The van der Waals surface area contributed by atoms with Gasteiger partial charge in [0, 0.05) is 36.8 Å². The van der Waals surface area contributed by atoms with Crippen LogP contribution in [0.4, 0.5) is 0 Å². The Hall–Kier alpha value is -1.66. The maximum Gasteiger partial charge on any atom is 0.175 e. The monoisotopic (exact) mass is 333 g/mol. The van der Waals surface area contributed by atoms with Crippen molar-refractivity contribution in [3.8, 4) is 11.4 Å². The SMILES string of the molecule is CN1CCCCC1Cn1ccnc1-c1ccc(S(C)(=O)=O)cc1. The number of sulfone groups is 1. The number of piperidine rings is 1. The number of likely N-dealkylation sites (tertiary alicyclic amines) is 1. The molecule has 2 aromatic rings. The van der Waals surface area contributed by atoms with Crippen LogP contribution in [0.25, 0.3) is 11.4 Å². The zero-order chi connectivity index (χ0) is 16.4. The Bertz CT molecular complexity index is 765. The molecule has 0 saturated carbocycles. The van der Waals surface area contributed by atoms with Crippen molar-refractivity contribution in [1.29, 1.82) is 0 Å². The second-order valence-electron chi connectivity index (χ2n) is 6.33. The van der Waals surface area contributed by atoms with Crippen molar-refractivity contribution in [3.05, 3.63) is 36.7 Å². The van der Waals surface area contributed by atoms with E-state index in [1.165, 1.54) is 25.5 Å². The Balaban J connectivity index is 1.83. The molecule has 0 amide bonds. The fourth-order valence-electron chi connectivity index (χ4n) is 3.17. The summed E-state index contributed by atoms with van der Waals surface area (Å²) < 4.78 is 25.3. The van der Waals surface area contributed by atoms with Crippen molar-refractivity contribution in [1.82, 2.24) is 14.5 Å². The van der Waals surface area contributed by atoms with E-state index < -0.39 is 9.84 Å². The lowest BCUT2D eigenvalue weighted by Crippen LogP contribution is -2.39. The Kier molecular flexibility index (Phi) is 4.55. The van der Waals surface area contributed by atoms with Crippen LogP contribution in [-0.4, -0.2) is 48.8 Å². The maximum absolute atomic E-state index is 11.6. The van der Waals surface area contributed by atoms with Gasteiger partial charge in [-0.25, -0.2) is 13.4 Å². The first-order valence-corrected chi connectivity index (χ1v) is 9.86. The number of rotatable bonds is 4. The van der Waals surface area contributed by atoms with Crippen molar-refractivity contribution in [3.63, 3.8) is 0 Å². The van der Waals surface area contributed by atoms with Gasteiger partial charge in [0.2, 0.25) is 0 Å². The van der Waals surface area contributed by atoms with Gasteiger partial charge in [-0.2, -0.15) is 0 Å². The van der Waals surface area contributed by atoms with Crippen LogP contribution in [0.5, 0.6) is 0 Å². The van der Waals surface area contributed by atoms with Crippen molar-refractivity contribution >= 4 is 9.84 Å². The zero-order valence-electron chi connectivity index (χ0n) is 13.6. The molecule has 6 heteroatoms. The topological polar surface area (TPSA) is 55.2 Å². The second kappa shape index (κ2) is 6.45. The minimum absolute atomic E-state index is 0.339. The van der Waals surface area contributed by atoms with Crippen LogP contribution in [0, 0.1) is 0 Å². The third-order valence-electron chi connectivity index (χ3n) is 4.59. The highest BCUT2D eigenvalue weighted by atomic mass is 32.2. The largest absolute Gasteiger partial charge is 0.329 e. The molecule has 2 heterocycles. The molecule has 1 unspecified atom stereocenters. The Labute approximate surface area is 137 Å². The number of hydrogen-bond donors (Lipinski definition) is 0. The van der Waals surface area contributed by atoms with Crippen LogP contribution in [0.15, 0.2) is 41.6 Å². The fourth-order valence-corrected chi connectivity index (χ4v) is 3.80. The lowest BCUT2D eigenvalue weighted by molar-refractivity contribution is 0.168. The molecule has 124 valence electrons. The molecule has 23 heavy (non-hydrogen) atoms. The summed E-state index contributed by atoms with van der Waals surface area (Å²) in [6.45, 7) is 2.07. The molecule has 0 aliphatic carbocycles. The molecule has 5 nitrogen and oxygen atoms in total. The van der Waals surface area contributed by atoms with E-state index in [1.54, 1.807) is 12.1 Å². The highest BCUT2D eigenvalue weighted by Crippen LogP contribution is 2.23. The smallest absolute Gasteiger partial charge is 0.175 e. The number of imidazole rings is 1. The molecule has 3 rings (SSSR count). The van der Waals surface area contributed by atoms with Crippen LogP contribution < -0.4 is 0 Å². The Morgan fingerprint density at radius 3 is 2.61 bits per heavy atom. The van der Waals surface area contributed by atoms with Gasteiger partial charge in [-0.05, 0) is 50.7 Å². The van der Waals surface area contributed by atoms with E-state index in [0.717, 1.165) is 24.5 Å². The van der Waals surface area contributed by atoms with Crippen LogP contribution in [-0.2, 0) is 16.4 Å². The van der Waals surface area contributed by atoms with E-state index >= 15 is 0 Å². The van der Waals surface area contributed by atoms with Gasteiger partial charge < -0.3 is 9.47 Å². The highest BCUT2D eigenvalue weighted by molar-refractivity contribution is 7.90. The maximum atomic E-state index is 11.6. The first kappa shape index (κ1) is 16.2. The van der Waals surface area contributed by atoms with Crippen molar-refractivity contribution < 1.29 is 8.42 Å². The van der Waals surface area contributed by atoms with Gasteiger partial charge in [0.15, 0.2) is 9.84 Å². The number of likely N-dealkylation sites (N-methyl/N-ethyl adjacent to an activating group) is 1. The van der Waals surface area contributed by atoms with Gasteiger partial charge in [0.25, 0.3) is 0 Å². The number of hydrogen-bond acceptors (Lipinski definition) is 4. The normalized spacial score (nSPS) is 19.8. The molecule has 0 radical (unpaired) electrons. The van der Waals surface area contributed by atoms with Crippen LogP contribution in [0.1, 0.15) is 19.3 Å². The van der Waals surface area contributed by atoms with E-state index in [2.05, 4.69) is 21.5 Å². The molecule has 1 aliphatic heterocycles. The van der Waals surface area contributed by atoms with Crippen LogP contribution in [0.2, 0.25) is 0 Å².